The minimum Gasteiger partial charge on any atom is -0.349 e. The maximum atomic E-state index is 12.4. The second kappa shape index (κ2) is 8.29. The zero-order chi connectivity index (χ0) is 20.2. The van der Waals surface area contributed by atoms with Gasteiger partial charge in [-0.1, -0.05) is 20.8 Å². The summed E-state index contributed by atoms with van der Waals surface area (Å²) < 4.78 is 24.8. The number of nitrogens with one attached hydrogen (secondary N) is 2. The van der Waals surface area contributed by atoms with Crippen molar-refractivity contribution in [2.45, 2.75) is 46.1 Å². The Labute approximate surface area is 161 Å². The number of carbonyl (C=O) groups excluding carboxylic acids is 2. The monoisotopic (exact) mass is 395 g/mol. The summed E-state index contributed by atoms with van der Waals surface area (Å²) in [5, 5.41) is 3.00. The normalized spacial score (nSPS) is 16.1. The van der Waals surface area contributed by atoms with E-state index in [0.717, 1.165) is 19.1 Å². The molecule has 7 nitrogen and oxygen atoms in total. The van der Waals surface area contributed by atoms with Gasteiger partial charge in [-0.05, 0) is 42.5 Å². The molecule has 1 aromatic rings. The molecular weight excluding hydrogens is 366 g/mol. The lowest BCUT2D eigenvalue weighted by molar-refractivity contribution is -0.134. The molecule has 27 heavy (non-hydrogen) atoms. The van der Waals surface area contributed by atoms with Crippen LogP contribution in [0.5, 0.6) is 0 Å². The van der Waals surface area contributed by atoms with Gasteiger partial charge < -0.3 is 10.2 Å². The number of carbonyl (C=O) groups is 2. The van der Waals surface area contributed by atoms with E-state index in [-0.39, 0.29) is 23.3 Å². The predicted molar refractivity (Wildman–Crippen MR) is 106 cm³/mol. The van der Waals surface area contributed by atoms with E-state index in [9.17, 15) is 18.0 Å². The number of anilines is 1. The molecule has 0 atom stereocenters. The highest BCUT2D eigenvalue weighted by molar-refractivity contribution is 7.92. The molecule has 0 saturated carbocycles. The summed E-state index contributed by atoms with van der Waals surface area (Å²) in [4.78, 5) is 26.5. The Morgan fingerprint density at radius 2 is 1.67 bits per heavy atom. The van der Waals surface area contributed by atoms with Gasteiger partial charge in [0, 0.05) is 36.8 Å². The number of nitrogens with zero attached hydrogens (tertiary/aromatic N) is 1. The van der Waals surface area contributed by atoms with Crippen LogP contribution in [0, 0.1) is 5.41 Å². The first kappa shape index (κ1) is 21.2. The third-order valence-corrected chi connectivity index (χ3v) is 4.92. The fourth-order valence-corrected chi connectivity index (χ4v) is 3.58. The van der Waals surface area contributed by atoms with Gasteiger partial charge in [0.2, 0.25) is 15.9 Å². The Kier molecular flexibility index (Phi) is 6.51. The van der Waals surface area contributed by atoms with E-state index in [1.54, 1.807) is 24.3 Å². The van der Waals surface area contributed by atoms with E-state index >= 15 is 0 Å². The lowest BCUT2D eigenvalue weighted by Gasteiger charge is -2.34. The Morgan fingerprint density at radius 1 is 1.11 bits per heavy atom. The number of likely N-dealkylation sites (tertiary alicyclic amines) is 1. The molecule has 0 unspecified atom stereocenters. The van der Waals surface area contributed by atoms with Gasteiger partial charge in [-0.25, -0.2) is 8.42 Å². The number of hydrogen-bond donors (Lipinski definition) is 2. The van der Waals surface area contributed by atoms with Crippen LogP contribution in [0.4, 0.5) is 5.69 Å². The number of benzene rings is 1. The minimum atomic E-state index is -3.34. The van der Waals surface area contributed by atoms with Crippen molar-refractivity contribution in [3.8, 4) is 0 Å². The average molecular weight is 396 g/mol. The van der Waals surface area contributed by atoms with Crippen molar-refractivity contribution in [2.24, 2.45) is 5.41 Å². The average Bonchev–Trinajstić information content (AvgIpc) is 2.53. The molecule has 2 N–H and O–H groups in total. The molecule has 8 heteroatoms. The SMILES string of the molecule is CC(C)(C)CC(=O)N1CCC(NC(=O)c2ccc(NS(C)(=O)=O)cc2)CC1. The zero-order valence-electron chi connectivity index (χ0n) is 16.4. The number of amides is 2. The third kappa shape index (κ3) is 7.21. The van der Waals surface area contributed by atoms with Crippen molar-refractivity contribution in [1.82, 2.24) is 10.2 Å². The fraction of sp³-hybridized carbons (Fsp3) is 0.579. The van der Waals surface area contributed by atoms with Crippen LogP contribution in [-0.2, 0) is 14.8 Å². The van der Waals surface area contributed by atoms with Gasteiger partial charge in [0.25, 0.3) is 5.91 Å². The van der Waals surface area contributed by atoms with Gasteiger partial charge >= 0.3 is 0 Å². The summed E-state index contributed by atoms with van der Waals surface area (Å²) in [5.41, 5.74) is 0.861. The van der Waals surface area contributed by atoms with E-state index in [0.29, 0.717) is 30.8 Å². The summed E-state index contributed by atoms with van der Waals surface area (Å²) in [5.74, 6) is -0.0263. The van der Waals surface area contributed by atoms with Crippen LogP contribution in [0.3, 0.4) is 0 Å². The molecule has 1 saturated heterocycles. The van der Waals surface area contributed by atoms with Crippen LogP contribution < -0.4 is 10.0 Å². The van der Waals surface area contributed by atoms with Gasteiger partial charge in [0.15, 0.2) is 0 Å². The maximum absolute atomic E-state index is 12.4. The second-order valence-corrected chi connectivity index (χ2v) is 10.1. The highest BCUT2D eigenvalue weighted by Crippen LogP contribution is 2.22. The topological polar surface area (TPSA) is 95.6 Å². The van der Waals surface area contributed by atoms with Crippen LogP contribution in [0.2, 0.25) is 0 Å². The smallest absolute Gasteiger partial charge is 0.251 e. The molecule has 2 rings (SSSR count). The largest absolute Gasteiger partial charge is 0.349 e. The Hall–Kier alpha value is -2.09. The van der Waals surface area contributed by atoms with Gasteiger partial charge in [-0.15, -0.1) is 0 Å². The Balaban J connectivity index is 1.84. The lowest BCUT2D eigenvalue weighted by atomic mass is 9.91. The number of rotatable bonds is 5. The van der Waals surface area contributed by atoms with E-state index < -0.39 is 10.0 Å². The summed E-state index contributed by atoms with van der Waals surface area (Å²) in [6.45, 7) is 7.45. The molecule has 1 aliphatic rings. The summed E-state index contributed by atoms with van der Waals surface area (Å²) >= 11 is 0. The van der Waals surface area contributed by atoms with Crippen molar-refractivity contribution in [3.63, 3.8) is 0 Å². The highest BCUT2D eigenvalue weighted by Gasteiger charge is 2.26. The van der Waals surface area contributed by atoms with Gasteiger partial charge in [0.05, 0.1) is 6.26 Å². The molecular formula is C19H29N3O4S. The maximum Gasteiger partial charge on any atom is 0.251 e. The van der Waals surface area contributed by atoms with E-state index in [1.165, 1.54) is 0 Å². The third-order valence-electron chi connectivity index (χ3n) is 4.31. The molecule has 0 spiro atoms. The number of piperidine rings is 1. The van der Waals surface area contributed by atoms with Crippen LogP contribution >= 0.6 is 0 Å². The van der Waals surface area contributed by atoms with Crippen molar-refractivity contribution < 1.29 is 18.0 Å². The zero-order valence-corrected chi connectivity index (χ0v) is 17.2. The van der Waals surface area contributed by atoms with Crippen LogP contribution in [-0.4, -0.2) is 50.5 Å². The molecule has 0 bridgehead atoms. The Morgan fingerprint density at radius 3 is 2.15 bits per heavy atom. The molecule has 0 aliphatic carbocycles. The first-order valence-corrected chi connectivity index (χ1v) is 11.0. The van der Waals surface area contributed by atoms with Crippen molar-refractivity contribution in [1.29, 1.82) is 0 Å². The quantitative estimate of drug-likeness (QED) is 0.799. The van der Waals surface area contributed by atoms with Gasteiger partial charge in [-0.3, -0.25) is 14.3 Å². The van der Waals surface area contributed by atoms with Crippen LogP contribution in [0.1, 0.15) is 50.4 Å². The van der Waals surface area contributed by atoms with Crippen LogP contribution in [0.15, 0.2) is 24.3 Å². The van der Waals surface area contributed by atoms with E-state index in [1.807, 2.05) is 4.90 Å². The fourth-order valence-electron chi connectivity index (χ4n) is 3.01. The lowest BCUT2D eigenvalue weighted by Crippen LogP contribution is -2.47. The molecule has 1 fully saturated rings. The van der Waals surface area contributed by atoms with E-state index in [4.69, 9.17) is 0 Å². The standard InChI is InChI=1S/C19H29N3O4S/c1-19(2,3)13-17(23)22-11-9-15(10-12-22)20-18(24)14-5-7-16(8-6-14)21-27(4,25)26/h5-8,15,21H,9-13H2,1-4H3,(H,20,24). The van der Waals surface area contributed by atoms with E-state index in [2.05, 4.69) is 30.8 Å². The van der Waals surface area contributed by atoms with Crippen molar-refractivity contribution >= 4 is 27.5 Å². The number of sulfonamides is 1. The summed E-state index contributed by atoms with van der Waals surface area (Å²) in [6, 6.07) is 6.33. The molecule has 1 heterocycles. The molecule has 1 aliphatic heterocycles. The molecule has 1 aromatic carbocycles. The molecule has 150 valence electrons. The molecule has 0 aromatic heterocycles. The van der Waals surface area contributed by atoms with Crippen molar-refractivity contribution in [2.75, 3.05) is 24.1 Å². The molecule has 2 amide bonds. The number of hydrogen-bond acceptors (Lipinski definition) is 4. The van der Waals surface area contributed by atoms with Gasteiger partial charge in [0.1, 0.15) is 0 Å². The van der Waals surface area contributed by atoms with Crippen LogP contribution in [0.25, 0.3) is 0 Å². The first-order valence-electron chi connectivity index (χ1n) is 9.09. The Bertz CT molecular complexity index is 774. The predicted octanol–water partition coefficient (Wildman–Crippen LogP) is 2.22. The summed E-state index contributed by atoms with van der Waals surface area (Å²) in [6.07, 6.45) is 3.06. The highest BCUT2D eigenvalue weighted by atomic mass is 32.2. The van der Waals surface area contributed by atoms with Crippen molar-refractivity contribution in [3.05, 3.63) is 29.8 Å². The van der Waals surface area contributed by atoms with Gasteiger partial charge in [-0.2, -0.15) is 0 Å². The molecule has 0 radical (unpaired) electrons. The summed E-state index contributed by atoms with van der Waals surface area (Å²) in [7, 11) is -3.34. The minimum absolute atomic E-state index is 0.0275. The first-order chi connectivity index (χ1) is 12.4. The second-order valence-electron chi connectivity index (χ2n) is 8.32.